The van der Waals surface area contributed by atoms with E-state index in [9.17, 15) is 4.79 Å². The van der Waals surface area contributed by atoms with Gasteiger partial charge in [-0.05, 0) is 73.8 Å². The molecular weight excluding hydrogens is 316 g/mol. The Hall–Kier alpha value is -1.16. The molecule has 2 aliphatic rings. The molecule has 1 N–H and O–H groups in total. The van der Waals surface area contributed by atoms with E-state index in [-0.39, 0.29) is 5.91 Å². The number of thiophene rings is 1. The molecular formula is C20H30N2OS. The van der Waals surface area contributed by atoms with Gasteiger partial charge in [0.05, 0.1) is 4.88 Å². The fraction of sp³-hybridized carbons (Fsp3) is 0.700. The van der Waals surface area contributed by atoms with Gasteiger partial charge in [-0.1, -0.05) is 27.7 Å². The number of nitrogens with one attached hydrogen (secondary N) is 1. The van der Waals surface area contributed by atoms with Crippen LogP contribution in [-0.2, 0) is 12.8 Å². The normalized spacial score (nSPS) is 24.4. The highest BCUT2D eigenvalue weighted by Gasteiger charge is 2.28. The van der Waals surface area contributed by atoms with Crippen LogP contribution in [0.3, 0.4) is 0 Å². The quantitative estimate of drug-likeness (QED) is 0.735. The zero-order valence-corrected chi connectivity index (χ0v) is 16.3. The number of aryl methyl sites for hydroxylation is 1. The zero-order chi connectivity index (χ0) is 17.3. The van der Waals surface area contributed by atoms with Crippen molar-refractivity contribution in [1.82, 2.24) is 5.43 Å². The van der Waals surface area contributed by atoms with E-state index in [0.717, 1.165) is 48.1 Å². The Morgan fingerprint density at radius 1 is 1.21 bits per heavy atom. The van der Waals surface area contributed by atoms with Gasteiger partial charge < -0.3 is 0 Å². The van der Waals surface area contributed by atoms with Crippen LogP contribution in [0.15, 0.2) is 11.2 Å². The summed E-state index contributed by atoms with van der Waals surface area (Å²) in [5.74, 6) is 1.46. The van der Waals surface area contributed by atoms with Crippen molar-refractivity contribution < 1.29 is 4.79 Å². The molecule has 1 heterocycles. The third-order valence-corrected chi connectivity index (χ3v) is 6.89. The van der Waals surface area contributed by atoms with Crippen LogP contribution in [0.5, 0.6) is 0 Å². The minimum absolute atomic E-state index is 0.0347. The topological polar surface area (TPSA) is 41.5 Å². The van der Waals surface area contributed by atoms with E-state index in [4.69, 9.17) is 0 Å². The highest BCUT2D eigenvalue weighted by molar-refractivity contribution is 7.14. The molecule has 1 aromatic heterocycles. The van der Waals surface area contributed by atoms with Gasteiger partial charge in [-0.3, -0.25) is 4.79 Å². The number of hydrogen-bond donors (Lipinski definition) is 1. The molecule has 4 heteroatoms. The second-order valence-electron chi connectivity index (χ2n) is 8.67. The van der Waals surface area contributed by atoms with Crippen LogP contribution in [-0.4, -0.2) is 11.6 Å². The van der Waals surface area contributed by atoms with Crippen molar-refractivity contribution in [2.24, 2.45) is 22.4 Å². The summed E-state index contributed by atoms with van der Waals surface area (Å²) < 4.78 is 0. The van der Waals surface area contributed by atoms with Gasteiger partial charge in [-0.15, -0.1) is 11.3 Å². The van der Waals surface area contributed by atoms with Crippen molar-refractivity contribution in [2.45, 2.75) is 72.6 Å². The largest absolute Gasteiger partial charge is 0.281 e. The second-order valence-corrected chi connectivity index (χ2v) is 9.80. The lowest BCUT2D eigenvalue weighted by Gasteiger charge is -2.34. The summed E-state index contributed by atoms with van der Waals surface area (Å²) in [7, 11) is 0. The highest BCUT2D eigenvalue weighted by atomic mass is 32.1. The van der Waals surface area contributed by atoms with E-state index in [0.29, 0.717) is 5.41 Å². The van der Waals surface area contributed by atoms with E-state index in [1.807, 2.05) is 0 Å². The van der Waals surface area contributed by atoms with E-state index in [2.05, 4.69) is 44.3 Å². The summed E-state index contributed by atoms with van der Waals surface area (Å²) in [6.45, 7) is 9.25. The van der Waals surface area contributed by atoms with E-state index >= 15 is 0 Å². The van der Waals surface area contributed by atoms with Gasteiger partial charge in [0.15, 0.2) is 0 Å². The lowest BCUT2D eigenvalue weighted by Crippen LogP contribution is -2.27. The first-order chi connectivity index (χ1) is 11.3. The summed E-state index contributed by atoms with van der Waals surface area (Å²) in [5, 5.41) is 4.42. The number of fused-ring (bicyclic) bond motifs is 1. The van der Waals surface area contributed by atoms with Crippen LogP contribution in [0.2, 0.25) is 0 Å². The Morgan fingerprint density at radius 3 is 2.58 bits per heavy atom. The third kappa shape index (κ3) is 4.08. The van der Waals surface area contributed by atoms with E-state index < -0.39 is 0 Å². The predicted molar refractivity (Wildman–Crippen MR) is 102 cm³/mol. The maximum Gasteiger partial charge on any atom is 0.281 e. The summed E-state index contributed by atoms with van der Waals surface area (Å²) in [5.41, 5.74) is 5.71. The van der Waals surface area contributed by atoms with Crippen molar-refractivity contribution in [3.05, 3.63) is 21.4 Å². The summed E-state index contributed by atoms with van der Waals surface area (Å²) in [6.07, 6.45) is 7.87. The average Bonchev–Trinajstić information content (AvgIpc) is 2.95. The fourth-order valence-corrected chi connectivity index (χ4v) is 5.03. The first-order valence-electron chi connectivity index (χ1n) is 9.30. The molecule has 0 bridgehead atoms. The summed E-state index contributed by atoms with van der Waals surface area (Å²) in [6, 6.07) is 2.09. The molecule has 0 spiro atoms. The van der Waals surface area contributed by atoms with E-state index in [1.54, 1.807) is 11.3 Å². The van der Waals surface area contributed by atoms with Gasteiger partial charge in [0.1, 0.15) is 0 Å². The molecule has 0 aromatic carbocycles. The second kappa shape index (κ2) is 6.99. The Labute approximate surface area is 149 Å². The average molecular weight is 347 g/mol. The van der Waals surface area contributed by atoms with E-state index in [1.165, 1.54) is 29.7 Å². The number of hydrogen-bond acceptors (Lipinski definition) is 3. The third-order valence-electron chi connectivity index (χ3n) is 5.66. The molecule has 24 heavy (non-hydrogen) atoms. The molecule has 0 aliphatic heterocycles. The predicted octanol–water partition coefficient (Wildman–Crippen LogP) is 5.20. The van der Waals surface area contributed by atoms with Gasteiger partial charge in [0, 0.05) is 10.6 Å². The molecule has 2 aliphatic carbocycles. The minimum atomic E-state index is -0.0347. The van der Waals surface area contributed by atoms with Gasteiger partial charge in [0.25, 0.3) is 5.91 Å². The monoisotopic (exact) mass is 346 g/mol. The molecule has 132 valence electrons. The lowest BCUT2D eigenvalue weighted by molar-refractivity contribution is 0.0958. The maximum absolute atomic E-state index is 12.4. The number of carbonyl (C=O) groups excluding carboxylic acids is 1. The van der Waals surface area contributed by atoms with Crippen molar-refractivity contribution >= 4 is 23.0 Å². The summed E-state index contributed by atoms with van der Waals surface area (Å²) in [4.78, 5) is 14.6. The minimum Gasteiger partial charge on any atom is -0.266 e. The Bertz CT molecular complexity index is 629. The molecule has 1 saturated carbocycles. The first-order valence-corrected chi connectivity index (χ1v) is 10.1. The van der Waals surface area contributed by atoms with Crippen molar-refractivity contribution in [3.8, 4) is 0 Å². The molecule has 0 saturated heterocycles. The standard InChI is InChI=1S/C20H30N2OS/c1-13-5-10-17-14(11-13)12-18(24-17)19(23)22-21-16-8-6-15(7-9-16)20(2,3)4/h12-13,15H,5-11H2,1-4H3,(H,22,23)/t13-,15?/m1/s1. The molecule has 3 nitrogen and oxygen atoms in total. The first kappa shape index (κ1) is 17.7. The van der Waals surface area contributed by atoms with Crippen molar-refractivity contribution in [2.75, 3.05) is 0 Å². The fourth-order valence-electron chi connectivity index (χ4n) is 3.93. The number of hydrazone groups is 1. The molecule has 0 unspecified atom stereocenters. The van der Waals surface area contributed by atoms with Crippen LogP contribution in [0, 0.1) is 17.3 Å². The molecule has 1 aromatic rings. The summed E-state index contributed by atoms with van der Waals surface area (Å²) >= 11 is 1.65. The van der Waals surface area contributed by atoms with Crippen LogP contribution >= 0.6 is 11.3 Å². The van der Waals surface area contributed by atoms with Crippen molar-refractivity contribution in [3.63, 3.8) is 0 Å². The number of amides is 1. The van der Waals surface area contributed by atoms with Gasteiger partial charge in [-0.2, -0.15) is 5.10 Å². The van der Waals surface area contributed by atoms with Crippen LogP contribution < -0.4 is 5.43 Å². The van der Waals surface area contributed by atoms with Crippen LogP contribution in [0.1, 0.15) is 79.9 Å². The smallest absolute Gasteiger partial charge is 0.266 e. The number of nitrogens with zero attached hydrogens (tertiary/aromatic N) is 1. The molecule has 3 rings (SSSR count). The van der Waals surface area contributed by atoms with Crippen LogP contribution in [0.4, 0.5) is 0 Å². The Balaban J connectivity index is 1.56. The van der Waals surface area contributed by atoms with Gasteiger partial charge in [0.2, 0.25) is 0 Å². The van der Waals surface area contributed by atoms with Gasteiger partial charge in [-0.25, -0.2) is 5.43 Å². The number of rotatable bonds is 2. The number of carbonyl (C=O) groups is 1. The Morgan fingerprint density at radius 2 is 1.92 bits per heavy atom. The zero-order valence-electron chi connectivity index (χ0n) is 15.4. The highest BCUT2D eigenvalue weighted by Crippen LogP contribution is 2.37. The Kier molecular flexibility index (Phi) is 5.14. The van der Waals surface area contributed by atoms with Gasteiger partial charge >= 0.3 is 0 Å². The van der Waals surface area contributed by atoms with Crippen molar-refractivity contribution in [1.29, 1.82) is 0 Å². The molecule has 0 radical (unpaired) electrons. The molecule has 1 amide bonds. The lowest BCUT2D eigenvalue weighted by atomic mass is 9.72. The molecule has 1 fully saturated rings. The van der Waals surface area contributed by atoms with Crippen LogP contribution in [0.25, 0.3) is 0 Å². The SMILES string of the molecule is C[C@@H]1CCc2sc(C(=O)NN=C3CCC(C(C)(C)C)CC3)cc2C1. The maximum atomic E-state index is 12.4. The molecule has 1 atom stereocenters.